The molecule has 28 heavy (non-hydrogen) atoms. The third kappa shape index (κ3) is 4.29. The van der Waals surface area contributed by atoms with E-state index < -0.39 is 10.0 Å². The summed E-state index contributed by atoms with van der Waals surface area (Å²) >= 11 is 1.30. The van der Waals surface area contributed by atoms with Gasteiger partial charge in [0, 0.05) is 30.2 Å². The van der Waals surface area contributed by atoms with Crippen molar-refractivity contribution < 1.29 is 8.42 Å². The van der Waals surface area contributed by atoms with Crippen LogP contribution in [0.25, 0.3) is 0 Å². The molecule has 1 N–H and O–H groups in total. The summed E-state index contributed by atoms with van der Waals surface area (Å²) in [4.78, 5) is 3.39. The molecule has 1 aliphatic rings. The number of rotatable bonds is 6. The molecule has 1 aromatic heterocycles. The smallest absolute Gasteiger partial charge is 0.250 e. The number of nitrogens with zero attached hydrogens (tertiary/aromatic N) is 1. The highest BCUT2D eigenvalue weighted by molar-refractivity contribution is 7.91. The van der Waals surface area contributed by atoms with E-state index >= 15 is 0 Å². The van der Waals surface area contributed by atoms with Gasteiger partial charge in [0.15, 0.2) is 0 Å². The number of anilines is 1. The number of fused-ring (bicyclic) bond motifs is 1. The molecule has 0 unspecified atom stereocenters. The average molecular weight is 413 g/mol. The number of hydrogen-bond donors (Lipinski definition) is 1. The molecule has 0 spiro atoms. The second kappa shape index (κ2) is 8.07. The lowest BCUT2D eigenvalue weighted by Gasteiger charge is -2.30. The second-order valence-corrected chi connectivity index (χ2v) is 10.4. The van der Waals surface area contributed by atoms with E-state index in [2.05, 4.69) is 58.2 Å². The first-order valence-corrected chi connectivity index (χ1v) is 11.8. The van der Waals surface area contributed by atoms with Crippen molar-refractivity contribution in [2.24, 2.45) is 0 Å². The lowest BCUT2D eigenvalue weighted by atomic mass is 9.99. The molecular formula is C22H24N2O2S2. The van der Waals surface area contributed by atoms with Crippen LogP contribution in [-0.2, 0) is 29.4 Å². The number of aryl methyl sites for hydroxylation is 1. The number of thiophene rings is 1. The fourth-order valence-corrected chi connectivity index (χ4v) is 5.91. The van der Waals surface area contributed by atoms with Crippen LogP contribution < -0.4 is 9.62 Å². The number of nitrogens with one attached hydrogen (secondary N) is 1. The van der Waals surface area contributed by atoms with Crippen LogP contribution in [0.15, 0.2) is 64.9 Å². The molecule has 0 saturated heterocycles. The average Bonchev–Trinajstić information content (AvgIpc) is 3.15. The highest BCUT2D eigenvalue weighted by atomic mass is 32.2. The van der Waals surface area contributed by atoms with E-state index in [1.165, 1.54) is 28.2 Å². The molecule has 0 aliphatic carbocycles. The Morgan fingerprint density at radius 3 is 2.46 bits per heavy atom. The first kappa shape index (κ1) is 19.2. The van der Waals surface area contributed by atoms with Crippen molar-refractivity contribution in [1.29, 1.82) is 0 Å². The monoisotopic (exact) mass is 412 g/mol. The molecule has 6 heteroatoms. The highest BCUT2D eigenvalue weighted by Gasteiger charge is 2.17. The molecule has 0 bridgehead atoms. The third-order valence-electron chi connectivity index (χ3n) is 5.12. The molecule has 2 aromatic carbocycles. The molecular weight excluding hydrogens is 388 g/mol. The van der Waals surface area contributed by atoms with Gasteiger partial charge < -0.3 is 4.90 Å². The van der Waals surface area contributed by atoms with Crippen LogP contribution in [0, 0.1) is 6.92 Å². The van der Waals surface area contributed by atoms with Crippen molar-refractivity contribution in [3.05, 3.63) is 82.2 Å². The number of hydrogen-bond acceptors (Lipinski definition) is 4. The van der Waals surface area contributed by atoms with Crippen molar-refractivity contribution in [2.75, 3.05) is 18.0 Å². The summed E-state index contributed by atoms with van der Waals surface area (Å²) in [5.74, 6) is 0. The Hall–Kier alpha value is -2.15. The predicted molar refractivity (Wildman–Crippen MR) is 116 cm³/mol. The topological polar surface area (TPSA) is 49.4 Å². The molecule has 4 rings (SSSR count). The van der Waals surface area contributed by atoms with Gasteiger partial charge in [-0.05, 0) is 60.7 Å². The summed E-state index contributed by atoms with van der Waals surface area (Å²) in [6, 6.07) is 20.6. The third-order valence-corrected chi connectivity index (χ3v) is 8.07. The summed E-state index contributed by atoms with van der Waals surface area (Å²) < 4.78 is 27.7. The summed E-state index contributed by atoms with van der Waals surface area (Å²) in [5, 5.41) is 0. The Labute approximate surface area is 170 Å². The van der Waals surface area contributed by atoms with E-state index in [4.69, 9.17) is 0 Å². The maximum Gasteiger partial charge on any atom is 0.250 e. The summed E-state index contributed by atoms with van der Waals surface area (Å²) in [7, 11) is -3.40. The SMILES string of the molecule is Cc1ccc(S(=O)(=O)NCCc2ccc(N3CCc4ccccc4C3)cc2)s1. The minimum Gasteiger partial charge on any atom is -0.367 e. The van der Waals surface area contributed by atoms with Crippen LogP contribution in [0.4, 0.5) is 5.69 Å². The van der Waals surface area contributed by atoms with Crippen LogP contribution in [-0.4, -0.2) is 21.5 Å². The van der Waals surface area contributed by atoms with Crippen molar-refractivity contribution in [3.63, 3.8) is 0 Å². The number of benzene rings is 2. The molecule has 0 amide bonds. The van der Waals surface area contributed by atoms with Crippen LogP contribution in [0.2, 0.25) is 0 Å². The predicted octanol–water partition coefficient (Wildman–Crippen LogP) is 4.14. The van der Waals surface area contributed by atoms with E-state index in [1.54, 1.807) is 6.07 Å². The quantitative estimate of drug-likeness (QED) is 0.662. The van der Waals surface area contributed by atoms with Crippen molar-refractivity contribution in [1.82, 2.24) is 4.72 Å². The summed E-state index contributed by atoms with van der Waals surface area (Å²) in [6.45, 7) is 4.27. The van der Waals surface area contributed by atoms with E-state index in [1.807, 2.05) is 13.0 Å². The van der Waals surface area contributed by atoms with Crippen LogP contribution >= 0.6 is 11.3 Å². The lowest BCUT2D eigenvalue weighted by molar-refractivity contribution is 0.584. The van der Waals surface area contributed by atoms with Gasteiger partial charge in [-0.2, -0.15) is 0 Å². The number of sulfonamides is 1. The van der Waals surface area contributed by atoms with Gasteiger partial charge in [-0.15, -0.1) is 11.3 Å². The first-order valence-electron chi connectivity index (χ1n) is 9.48. The zero-order valence-corrected chi connectivity index (χ0v) is 17.5. The van der Waals surface area contributed by atoms with Crippen molar-refractivity contribution in [3.8, 4) is 0 Å². The maximum absolute atomic E-state index is 12.3. The van der Waals surface area contributed by atoms with Crippen LogP contribution in [0.3, 0.4) is 0 Å². The van der Waals surface area contributed by atoms with Crippen LogP contribution in [0.5, 0.6) is 0 Å². The van der Waals surface area contributed by atoms with Gasteiger partial charge >= 0.3 is 0 Å². The molecule has 3 aromatic rings. The van der Waals surface area contributed by atoms with Crippen molar-refractivity contribution in [2.45, 2.75) is 30.5 Å². The Bertz CT molecular complexity index is 1060. The molecule has 0 atom stereocenters. The minimum absolute atomic E-state index is 0.380. The lowest BCUT2D eigenvalue weighted by Crippen LogP contribution is -2.30. The van der Waals surface area contributed by atoms with Gasteiger partial charge in [0.2, 0.25) is 10.0 Å². The van der Waals surface area contributed by atoms with Gasteiger partial charge in [-0.3, -0.25) is 0 Å². The Morgan fingerprint density at radius 2 is 1.75 bits per heavy atom. The molecule has 4 nitrogen and oxygen atoms in total. The Kier molecular flexibility index (Phi) is 5.53. The molecule has 1 aliphatic heterocycles. The largest absolute Gasteiger partial charge is 0.367 e. The molecule has 0 saturated carbocycles. The first-order chi connectivity index (χ1) is 13.5. The van der Waals surface area contributed by atoms with Gasteiger partial charge in [0.05, 0.1) is 0 Å². The zero-order valence-electron chi connectivity index (χ0n) is 15.9. The fourth-order valence-electron chi connectivity index (χ4n) is 3.55. The van der Waals surface area contributed by atoms with E-state index in [9.17, 15) is 8.42 Å². The molecule has 0 fully saturated rings. The van der Waals surface area contributed by atoms with Gasteiger partial charge in [-0.25, -0.2) is 13.1 Å². The molecule has 2 heterocycles. The highest BCUT2D eigenvalue weighted by Crippen LogP contribution is 2.25. The van der Waals surface area contributed by atoms with Gasteiger partial charge in [0.25, 0.3) is 0 Å². The Balaban J connectivity index is 1.34. The van der Waals surface area contributed by atoms with E-state index in [0.29, 0.717) is 17.2 Å². The zero-order chi connectivity index (χ0) is 19.6. The standard InChI is InChI=1S/C22H24N2O2S2/c1-17-6-11-22(27-17)28(25,26)23-14-12-18-7-9-21(10-8-18)24-15-13-19-4-2-3-5-20(19)16-24/h2-11,23H,12-16H2,1H3. The Morgan fingerprint density at radius 1 is 1.00 bits per heavy atom. The molecule has 0 radical (unpaired) electrons. The van der Waals surface area contributed by atoms with Gasteiger partial charge in [-0.1, -0.05) is 36.4 Å². The minimum atomic E-state index is -3.40. The van der Waals surface area contributed by atoms with Crippen molar-refractivity contribution >= 4 is 27.0 Å². The molecule has 146 valence electrons. The maximum atomic E-state index is 12.3. The summed E-state index contributed by atoms with van der Waals surface area (Å²) in [6.07, 6.45) is 1.74. The van der Waals surface area contributed by atoms with E-state index in [0.717, 1.165) is 30.0 Å². The second-order valence-electron chi connectivity index (χ2n) is 7.12. The van der Waals surface area contributed by atoms with E-state index in [-0.39, 0.29) is 0 Å². The normalized spacial score (nSPS) is 14.1. The van der Waals surface area contributed by atoms with Crippen LogP contribution in [0.1, 0.15) is 21.6 Å². The van der Waals surface area contributed by atoms with Gasteiger partial charge in [0.1, 0.15) is 4.21 Å². The fraction of sp³-hybridized carbons (Fsp3) is 0.273. The summed E-state index contributed by atoms with van der Waals surface area (Å²) in [5.41, 5.74) is 5.19.